The van der Waals surface area contributed by atoms with Gasteiger partial charge in [-0.05, 0) is 44.0 Å². The number of aryl methyl sites for hydroxylation is 1. The second kappa shape index (κ2) is 6.76. The first kappa shape index (κ1) is 15.6. The molecule has 1 heterocycles. The molecule has 21 heavy (non-hydrogen) atoms. The van der Waals surface area contributed by atoms with E-state index in [0.717, 1.165) is 24.3 Å². The minimum Gasteiger partial charge on any atom is -0.508 e. The SMILES string of the molecule is Cc1nn(Cc2cccc(O)c2)c(C)c1CNCC(C)C. The van der Waals surface area contributed by atoms with Gasteiger partial charge in [0.05, 0.1) is 12.2 Å². The van der Waals surface area contributed by atoms with Crippen LogP contribution in [0.1, 0.15) is 36.4 Å². The van der Waals surface area contributed by atoms with Crippen molar-refractivity contribution in [1.82, 2.24) is 15.1 Å². The van der Waals surface area contributed by atoms with E-state index in [1.165, 1.54) is 11.3 Å². The van der Waals surface area contributed by atoms with Crippen molar-refractivity contribution in [3.8, 4) is 5.75 Å². The lowest BCUT2D eigenvalue weighted by Gasteiger charge is -2.09. The average Bonchev–Trinajstić information content (AvgIpc) is 2.66. The summed E-state index contributed by atoms with van der Waals surface area (Å²) in [4.78, 5) is 0. The molecular formula is C17H25N3O. The van der Waals surface area contributed by atoms with Crippen LogP contribution in [0.4, 0.5) is 0 Å². The monoisotopic (exact) mass is 287 g/mol. The van der Waals surface area contributed by atoms with Gasteiger partial charge in [-0.3, -0.25) is 4.68 Å². The molecule has 0 bridgehead atoms. The molecule has 0 aliphatic carbocycles. The molecule has 4 heteroatoms. The molecule has 0 aliphatic rings. The molecule has 2 rings (SSSR count). The Bertz CT molecular complexity index is 602. The second-order valence-electron chi connectivity index (χ2n) is 6.00. The average molecular weight is 287 g/mol. The first-order valence-corrected chi connectivity index (χ1v) is 7.49. The predicted molar refractivity (Wildman–Crippen MR) is 85.5 cm³/mol. The summed E-state index contributed by atoms with van der Waals surface area (Å²) in [6.45, 7) is 11.1. The predicted octanol–water partition coefficient (Wildman–Crippen LogP) is 3.00. The third-order valence-corrected chi connectivity index (χ3v) is 3.63. The van der Waals surface area contributed by atoms with Gasteiger partial charge in [0.1, 0.15) is 5.75 Å². The number of hydrogen-bond donors (Lipinski definition) is 2. The summed E-state index contributed by atoms with van der Waals surface area (Å²) in [6, 6.07) is 7.34. The summed E-state index contributed by atoms with van der Waals surface area (Å²) < 4.78 is 2.01. The van der Waals surface area contributed by atoms with Crippen LogP contribution in [0.5, 0.6) is 5.75 Å². The Hall–Kier alpha value is -1.81. The van der Waals surface area contributed by atoms with Crippen molar-refractivity contribution in [2.24, 2.45) is 5.92 Å². The maximum atomic E-state index is 9.55. The maximum absolute atomic E-state index is 9.55. The van der Waals surface area contributed by atoms with Gasteiger partial charge in [-0.25, -0.2) is 0 Å². The van der Waals surface area contributed by atoms with Gasteiger partial charge in [0.15, 0.2) is 0 Å². The Morgan fingerprint density at radius 1 is 1.29 bits per heavy atom. The molecule has 0 saturated heterocycles. The molecule has 4 nitrogen and oxygen atoms in total. The molecule has 0 saturated carbocycles. The van der Waals surface area contributed by atoms with E-state index >= 15 is 0 Å². The van der Waals surface area contributed by atoms with Crippen molar-refractivity contribution < 1.29 is 5.11 Å². The Morgan fingerprint density at radius 3 is 2.71 bits per heavy atom. The zero-order valence-corrected chi connectivity index (χ0v) is 13.3. The van der Waals surface area contributed by atoms with E-state index in [9.17, 15) is 5.11 Å². The second-order valence-corrected chi connectivity index (χ2v) is 6.00. The van der Waals surface area contributed by atoms with Crippen LogP contribution in [0.3, 0.4) is 0 Å². The molecule has 0 spiro atoms. The minimum absolute atomic E-state index is 0.299. The first-order chi connectivity index (χ1) is 9.97. The van der Waals surface area contributed by atoms with Crippen molar-refractivity contribution in [2.75, 3.05) is 6.54 Å². The Balaban J connectivity index is 2.11. The Morgan fingerprint density at radius 2 is 2.05 bits per heavy atom. The highest BCUT2D eigenvalue weighted by Crippen LogP contribution is 2.17. The van der Waals surface area contributed by atoms with Gasteiger partial charge in [-0.2, -0.15) is 5.10 Å². The number of phenols is 1. The molecular weight excluding hydrogens is 262 g/mol. The highest BCUT2D eigenvalue weighted by molar-refractivity contribution is 5.29. The third kappa shape index (κ3) is 4.08. The topological polar surface area (TPSA) is 50.1 Å². The van der Waals surface area contributed by atoms with Crippen LogP contribution in [0.15, 0.2) is 24.3 Å². The van der Waals surface area contributed by atoms with Crippen LogP contribution < -0.4 is 5.32 Å². The highest BCUT2D eigenvalue weighted by Gasteiger charge is 2.11. The smallest absolute Gasteiger partial charge is 0.115 e. The van der Waals surface area contributed by atoms with Gasteiger partial charge in [0.2, 0.25) is 0 Å². The van der Waals surface area contributed by atoms with Gasteiger partial charge in [0, 0.05) is 17.8 Å². The summed E-state index contributed by atoms with van der Waals surface area (Å²) in [5, 5.41) is 17.7. The normalized spacial score (nSPS) is 11.3. The zero-order chi connectivity index (χ0) is 15.4. The van der Waals surface area contributed by atoms with E-state index in [-0.39, 0.29) is 0 Å². The number of nitrogens with one attached hydrogen (secondary N) is 1. The summed E-state index contributed by atoms with van der Waals surface area (Å²) in [5.41, 5.74) is 4.59. The zero-order valence-electron chi connectivity index (χ0n) is 13.3. The molecule has 2 aromatic rings. The molecule has 0 amide bonds. The van der Waals surface area contributed by atoms with Crippen molar-refractivity contribution in [3.05, 3.63) is 46.8 Å². The quantitative estimate of drug-likeness (QED) is 0.858. The number of aromatic hydroxyl groups is 1. The van der Waals surface area contributed by atoms with Crippen LogP contribution in [-0.4, -0.2) is 21.4 Å². The van der Waals surface area contributed by atoms with E-state index in [2.05, 4.69) is 38.1 Å². The van der Waals surface area contributed by atoms with Crippen molar-refractivity contribution in [3.63, 3.8) is 0 Å². The van der Waals surface area contributed by atoms with E-state index < -0.39 is 0 Å². The van der Waals surface area contributed by atoms with Crippen LogP contribution in [0.25, 0.3) is 0 Å². The number of benzene rings is 1. The molecule has 0 unspecified atom stereocenters. The molecule has 1 aromatic carbocycles. The van der Waals surface area contributed by atoms with Crippen LogP contribution in [0, 0.1) is 19.8 Å². The fourth-order valence-corrected chi connectivity index (χ4v) is 2.46. The van der Waals surface area contributed by atoms with E-state index in [1.54, 1.807) is 12.1 Å². The van der Waals surface area contributed by atoms with Gasteiger partial charge < -0.3 is 10.4 Å². The molecule has 0 aliphatic heterocycles. The number of hydrogen-bond acceptors (Lipinski definition) is 3. The first-order valence-electron chi connectivity index (χ1n) is 7.49. The molecule has 114 valence electrons. The molecule has 1 aromatic heterocycles. The van der Waals surface area contributed by atoms with Crippen molar-refractivity contribution in [1.29, 1.82) is 0 Å². The molecule has 2 N–H and O–H groups in total. The van der Waals surface area contributed by atoms with Gasteiger partial charge >= 0.3 is 0 Å². The van der Waals surface area contributed by atoms with Crippen LogP contribution in [0.2, 0.25) is 0 Å². The largest absolute Gasteiger partial charge is 0.508 e. The minimum atomic E-state index is 0.299. The number of rotatable bonds is 6. The van der Waals surface area contributed by atoms with E-state index in [4.69, 9.17) is 0 Å². The highest BCUT2D eigenvalue weighted by atomic mass is 16.3. The van der Waals surface area contributed by atoms with Gasteiger partial charge in [0.25, 0.3) is 0 Å². The fraction of sp³-hybridized carbons (Fsp3) is 0.471. The van der Waals surface area contributed by atoms with Crippen LogP contribution >= 0.6 is 0 Å². The Kier molecular flexibility index (Phi) is 5.02. The Labute approximate surface area is 126 Å². The van der Waals surface area contributed by atoms with E-state index in [1.807, 2.05) is 16.8 Å². The summed E-state index contributed by atoms with van der Waals surface area (Å²) in [6.07, 6.45) is 0. The molecule has 0 atom stereocenters. The van der Waals surface area contributed by atoms with Gasteiger partial charge in [-0.1, -0.05) is 26.0 Å². The fourth-order valence-electron chi connectivity index (χ4n) is 2.46. The lowest BCUT2D eigenvalue weighted by Crippen LogP contribution is -2.19. The molecule has 0 fully saturated rings. The maximum Gasteiger partial charge on any atom is 0.115 e. The molecule has 0 radical (unpaired) electrons. The number of nitrogens with zero attached hydrogens (tertiary/aromatic N) is 2. The van der Waals surface area contributed by atoms with Crippen molar-refractivity contribution in [2.45, 2.75) is 40.8 Å². The number of phenolic OH excluding ortho intramolecular Hbond substituents is 1. The standard InChI is InChI=1S/C17H25N3O/c1-12(2)9-18-10-17-13(3)19-20(14(17)4)11-15-6-5-7-16(21)8-15/h5-8,12,18,21H,9-11H2,1-4H3. The lowest BCUT2D eigenvalue weighted by atomic mass is 10.1. The summed E-state index contributed by atoms with van der Waals surface area (Å²) in [5.74, 6) is 0.945. The van der Waals surface area contributed by atoms with Crippen molar-refractivity contribution >= 4 is 0 Å². The third-order valence-electron chi connectivity index (χ3n) is 3.63. The summed E-state index contributed by atoms with van der Waals surface area (Å²) >= 11 is 0. The van der Waals surface area contributed by atoms with E-state index in [0.29, 0.717) is 18.2 Å². The van der Waals surface area contributed by atoms with Crippen LogP contribution in [-0.2, 0) is 13.1 Å². The summed E-state index contributed by atoms with van der Waals surface area (Å²) in [7, 11) is 0. The lowest BCUT2D eigenvalue weighted by molar-refractivity contribution is 0.474. The number of aromatic nitrogens is 2. The van der Waals surface area contributed by atoms with Gasteiger partial charge in [-0.15, -0.1) is 0 Å².